The lowest BCUT2D eigenvalue weighted by Crippen LogP contribution is -2.16. The quantitative estimate of drug-likeness (QED) is 0.937. The Labute approximate surface area is 111 Å². The van der Waals surface area contributed by atoms with E-state index >= 15 is 0 Å². The van der Waals surface area contributed by atoms with Gasteiger partial charge in [-0.05, 0) is 24.1 Å². The molecule has 0 saturated carbocycles. The fourth-order valence-electron chi connectivity index (χ4n) is 1.95. The molecular weight excluding hydrogens is 265 g/mol. The Morgan fingerprint density at radius 3 is 2.32 bits per heavy atom. The molecule has 0 spiro atoms. The zero-order valence-corrected chi connectivity index (χ0v) is 11.2. The van der Waals surface area contributed by atoms with E-state index in [1.165, 1.54) is 12.1 Å². The maximum Gasteiger partial charge on any atom is 0.238 e. The Hall–Kier alpha value is -1.72. The number of aryl methyl sites for hydroxylation is 1. The van der Waals surface area contributed by atoms with Crippen LogP contribution in [0.2, 0.25) is 0 Å². The highest BCUT2D eigenvalue weighted by Gasteiger charge is 2.19. The van der Waals surface area contributed by atoms with Crippen molar-refractivity contribution in [3.8, 4) is 0 Å². The normalized spacial score (nSPS) is 11.5. The molecule has 0 fully saturated rings. The van der Waals surface area contributed by atoms with Crippen molar-refractivity contribution >= 4 is 10.0 Å². The third-order valence-electron chi connectivity index (χ3n) is 2.92. The molecule has 100 valence electrons. The van der Waals surface area contributed by atoms with Crippen molar-refractivity contribution in [2.45, 2.75) is 18.2 Å². The lowest BCUT2D eigenvalue weighted by molar-refractivity contribution is 0.581. The van der Waals surface area contributed by atoms with Crippen molar-refractivity contribution in [2.75, 3.05) is 0 Å². The van der Waals surface area contributed by atoms with Gasteiger partial charge < -0.3 is 0 Å². The predicted octanol–water partition coefficient (Wildman–Crippen LogP) is 2.37. The van der Waals surface area contributed by atoms with E-state index in [1.54, 1.807) is 6.92 Å². The summed E-state index contributed by atoms with van der Waals surface area (Å²) in [6.45, 7) is 1.59. The first-order valence-electron chi connectivity index (χ1n) is 5.74. The minimum atomic E-state index is -3.93. The van der Waals surface area contributed by atoms with Gasteiger partial charge in [-0.1, -0.05) is 36.4 Å². The molecule has 2 aromatic rings. The SMILES string of the molecule is Cc1ccc(S(N)(=O)=O)c(Cc2ccccc2)c1F. The van der Waals surface area contributed by atoms with Crippen molar-refractivity contribution in [2.24, 2.45) is 5.14 Å². The van der Waals surface area contributed by atoms with E-state index in [0.29, 0.717) is 5.56 Å². The molecule has 0 amide bonds. The Balaban J connectivity index is 2.58. The van der Waals surface area contributed by atoms with Crippen LogP contribution >= 0.6 is 0 Å². The van der Waals surface area contributed by atoms with Crippen LogP contribution in [0.25, 0.3) is 0 Å². The summed E-state index contributed by atoms with van der Waals surface area (Å²) >= 11 is 0. The summed E-state index contributed by atoms with van der Waals surface area (Å²) in [6, 6.07) is 11.9. The van der Waals surface area contributed by atoms with Gasteiger partial charge in [0, 0.05) is 12.0 Å². The fraction of sp³-hybridized carbons (Fsp3) is 0.143. The molecule has 0 aliphatic heterocycles. The van der Waals surface area contributed by atoms with Crippen LogP contribution in [0.4, 0.5) is 4.39 Å². The number of primary sulfonamides is 1. The summed E-state index contributed by atoms with van der Waals surface area (Å²) in [6.07, 6.45) is 0.195. The number of hydrogen-bond donors (Lipinski definition) is 1. The average Bonchev–Trinajstić information content (AvgIpc) is 2.35. The van der Waals surface area contributed by atoms with E-state index < -0.39 is 15.8 Å². The first kappa shape index (κ1) is 13.7. The van der Waals surface area contributed by atoms with Crippen LogP contribution in [-0.2, 0) is 16.4 Å². The van der Waals surface area contributed by atoms with Crippen molar-refractivity contribution < 1.29 is 12.8 Å². The van der Waals surface area contributed by atoms with Crippen LogP contribution in [0, 0.1) is 12.7 Å². The highest BCUT2D eigenvalue weighted by Crippen LogP contribution is 2.23. The second-order valence-corrected chi connectivity index (χ2v) is 5.91. The van der Waals surface area contributed by atoms with Gasteiger partial charge in [0.1, 0.15) is 5.82 Å². The number of halogens is 1. The second kappa shape index (κ2) is 5.11. The third-order valence-corrected chi connectivity index (χ3v) is 3.92. The van der Waals surface area contributed by atoms with Gasteiger partial charge in [-0.15, -0.1) is 0 Å². The molecule has 0 aliphatic carbocycles. The van der Waals surface area contributed by atoms with Crippen LogP contribution < -0.4 is 5.14 Å². The number of nitrogens with two attached hydrogens (primary N) is 1. The molecule has 19 heavy (non-hydrogen) atoms. The number of rotatable bonds is 3. The summed E-state index contributed by atoms with van der Waals surface area (Å²) in [5.74, 6) is -0.518. The Bertz CT molecular complexity index is 697. The highest BCUT2D eigenvalue weighted by atomic mass is 32.2. The van der Waals surface area contributed by atoms with Crippen LogP contribution in [0.15, 0.2) is 47.4 Å². The standard InChI is InChI=1S/C14H14FNO2S/c1-10-7-8-13(19(16,17)18)12(14(10)15)9-11-5-3-2-4-6-11/h2-8H,9H2,1H3,(H2,16,17,18). The molecule has 0 aliphatic rings. The van der Waals surface area contributed by atoms with Gasteiger partial charge in [0.05, 0.1) is 4.90 Å². The number of hydrogen-bond acceptors (Lipinski definition) is 2. The molecule has 2 N–H and O–H groups in total. The fourth-order valence-corrected chi connectivity index (χ4v) is 2.71. The maximum atomic E-state index is 14.2. The van der Waals surface area contributed by atoms with Gasteiger partial charge in [0.15, 0.2) is 0 Å². The summed E-state index contributed by atoms with van der Waals surface area (Å²) in [5.41, 5.74) is 1.35. The van der Waals surface area contributed by atoms with Gasteiger partial charge in [0.25, 0.3) is 0 Å². The zero-order chi connectivity index (χ0) is 14.0. The molecule has 3 nitrogen and oxygen atoms in total. The minimum absolute atomic E-state index is 0.119. The van der Waals surface area contributed by atoms with Gasteiger partial charge in [-0.2, -0.15) is 0 Å². The second-order valence-electron chi connectivity index (χ2n) is 4.38. The monoisotopic (exact) mass is 279 g/mol. The molecule has 5 heteroatoms. The number of benzene rings is 2. The first-order valence-corrected chi connectivity index (χ1v) is 7.29. The summed E-state index contributed by atoms with van der Waals surface area (Å²) in [5, 5.41) is 5.14. The van der Waals surface area contributed by atoms with Crippen molar-refractivity contribution in [3.63, 3.8) is 0 Å². The van der Waals surface area contributed by atoms with Crippen molar-refractivity contribution in [1.29, 1.82) is 0 Å². The predicted molar refractivity (Wildman–Crippen MR) is 71.8 cm³/mol. The Morgan fingerprint density at radius 2 is 1.74 bits per heavy atom. The molecule has 0 unspecified atom stereocenters. The molecule has 0 radical (unpaired) electrons. The zero-order valence-electron chi connectivity index (χ0n) is 10.4. The maximum absolute atomic E-state index is 14.2. The van der Waals surface area contributed by atoms with Crippen molar-refractivity contribution in [3.05, 3.63) is 65.0 Å². The molecule has 0 atom stereocenters. The van der Waals surface area contributed by atoms with Gasteiger partial charge in [-0.3, -0.25) is 0 Å². The van der Waals surface area contributed by atoms with Gasteiger partial charge in [-0.25, -0.2) is 17.9 Å². The highest BCUT2D eigenvalue weighted by molar-refractivity contribution is 7.89. The van der Waals surface area contributed by atoms with E-state index in [9.17, 15) is 12.8 Å². The molecule has 0 heterocycles. The summed E-state index contributed by atoms with van der Waals surface area (Å²) < 4.78 is 37.2. The number of sulfonamides is 1. The van der Waals surface area contributed by atoms with Gasteiger partial charge >= 0.3 is 0 Å². The van der Waals surface area contributed by atoms with Crippen molar-refractivity contribution in [1.82, 2.24) is 0 Å². The minimum Gasteiger partial charge on any atom is -0.225 e. The topological polar surface area (TPSA) is 60.2 Å². The van der Waals surface area contributed by atoms with E-state index in [4.69, 9.17) is 5.14 Å². The van der Waals surface area contributed by atoms with E-state index in [2.05, 4.69) is 0 Å². The summed E-state index contributed by atoms with van der Waals surface area (Å²) in [4.78, 5) is -0.153. The summed E-state index contributed by atoms with van der Waals surface area (Å²) in [7, 11) is -3.93. The molecular formula is C14H14FNO2S. The molecule has 2 rings (SSSR count). The Morgan fingerprint density at radius 1 is 1.11 bits per heavy atom. The van der Waals surface area contributed by atoms with Crippen LogP contribution in [0.5, 0.6) is 0 Å². The molecule has 0 bridgehead atoms. The van der Waals surface area contributed by atoms with E-state index in [-0.39, 0.29) is 16.9 Å². The average molecular weight is 279 g/mol. The van der Waals surface area contributed by atoms with Crippen LogP contribution in [0.1, 0.15) is 16.7 Å². The largest absolute Gasteiger partial charge is 0.238 e. The molecule has 0 aromatic heterocycles. The molecule has 0 saturated heterocycles. The van der Waals surface area contributed by atoms with E-state index in [0.717, 1.165) is 5.56 Å². The molecule has 2 aromatic carbocycles. The van der Waals surface area contributed by atoms with Crippen LogP contribution in [-0.4, -0.2) is 8.42 Å². The first-order chi connectivity index (χ1) is 8.89. The smallest absolute Gasteiger partial charge is 0.225 e. The van der Waals surface area contributed by atoms with Crippen LogP contribution in [0.3, 0.4) is 0 Å². The third kappa shape index (κ3) is 3.00. The lowest BCUT2D eigenvalue weighted by atomic mass is 10.0. The lowest BCUT2D eigenvalue weighted by Gasteiger charge is -2.11. The van der Waals surface area contributed by atoms with E-state index in [1.807, 2.05) is 30.3 Å². The van der Waals surface area contributed by atoms with Gasteiger partial charge in [0.2, 0.25) is 10.0 Å². The Kier molecular flexibility index (Phi) is 3.68.